The molecule has 4 rings (SSSR count). The van der Waals surface area contributed by atoms with Crippen LogP contribution in [0.4, 0.5) is 17.1 Å². The summed E-state index contributed by atoms with van der Waals surface area (Å²) in [5.41, 5.74) is 3.18. The summed E-state index contributed by atoms with van der Waals surface area (Å²) in [5.74, 6) is 1.12. The fraction of sp³-hybridized carbons (Fsp3) is 0.381. The number of amides is 1. The Morgan fingerprint density at radius 1 is 1.04 bits per heavy atom. The Kier molecular flexibility index (Phi) is 5.84. The van der Waals surface area contributed by atoms with Crippen molar-refractivity contribution >= 4 is 34.7 Å². The number of nitrogens with zero attached hydrogens (tertiary/aromatic N) is 2. The van der Waals surface area contributed by atoms with Gasteiger partial charge < -0.3 is 19.9 Å². The first-order chi connectivity index (χ1) is 13.3. The molecule has 27 heavy (non-hydrogen) atoms. The molecule has 5 nitrogen and oxygen atoms in total. The Balaban J connectivity index is 1.38. The molecule has 142 valence electrons. The second kappa shape index (κ2) is 8.67. The van der Waals surface area contributed by atoms with Crippen molar-refractivity contribution in [2.24, 2.45) is 0 Å². The summed E-state index contributed by atoms with van der Waals surface area (Å²) in [6.45, 7) is 4.66. The second-order valence-electron chi connectivity index (χ2n) is 6.79. The number of hydrogen-bond donors (Lipinski definition) is 1. The summed E-state index contributed by atoms with van der Waals surface area (Å²) in [7, 11) is 0. The molecular weight excluding hydrogens is 358 g/mol. The number of anilines is 3. The topological polar surface area (TPSA) is 44.8 Å². The predicted octanol–water partition coefficient (Wildman–Crippen LogP) is 3.46. The number of rotatable bonds is 4. The monoisotopic (exact) mass is 383 g/mol. The minimum absolute atomic E-state index is 0.0239. The number of hydrogen-bond acceptors (Lipinski definition) is 5. The fourth-order valence-corrected chi connectivity index (χ4v) is 4.53. The van der Waals surface area contributed by atoms with E-state index in [-0.39, 0.29) is 5.91 Å². The van der Waals surface area contributed by atoms with Crippen LogP contribution in [0.15, 0.2) is 53.4 Å². The summed E-state index contributed by atoms with van der Waals surface area (Å²) in [4.78, 5) is 18.4. The van der Waals surface area contributed by atoms with Gasteiger partial charge in [-0.25, -0.2) is 0 Å². The lowest BCUT2D eigenvalue weighted by atomic mass is 10.2. The highest BCUT2D eigenvalue weighted by atomic mass is 32.2. The maximum Gasteiger partial charge on any atom is 0.243 e. The standard InChI is InChI=1S/C21H25N3O2S/c25-21(16-24-10-3-15-27-20-5-2-1-4-19(20)24)22-17-6-8-18(9-7-17)23-11-13-26-14-12-23/h1-2,4-9H,3,10-16H2,(H,22,25). The van der Waals surface area contributed by atoms with Crippen molar-refractivity contribution < 1.29 is 9.53 Å². The Bertz CT molecular complexity index is 775. The molecule has 2 aromatic rings. The Labute approximate surface area is 164 Å². The summed E-state index contributed by atoms with van der Waals surface area (Å²) < 4.78 is 5.40. The molecule has 1 N–H and O–H groups in total. The lowest BCUT2D eigenvalue weighted by Crippen LogP contribution is -2.36. The van der Waals surface area contributed by atoms with E-state index in [1.165, 1.54) is 10.6 Å². The van der Waals surface area contributed by atoms with Crippen LogP contribution >= 0.6 is 11.8 Å². The van der Waals surface area contributed by atoms with E-state index in [9.17, 15) is 4.79 Å². The number of carbonyl (C=O) groups is 1. The zero-order valence-electron chi connectivity index (χ0n) is 15.4. The predicted molar refractivity (Wildman–Crippen MR) is 112 cm³/mol. The number of para-hydroxylation sites is 1. The van der Waals surface area contributed by atoms with E-state index in [0.29, 0.717) is 6.54 Å². The fourth-order valence-electron chi connectivity index (χ4n) is 3.51. The third-order valence-corrected chi connectivity index (χ3v) is 6.05. The molecule has 0 radical (unpaired) electrons. The van der Waals surface area contributed by atoms with Gasteiger partial charge in [-0.05, 0) is 48.6 Å². The summed E-state index contributed by atoms with van der Waals surface area (Å²) >= 11 is 1.87. The molecule has 0 unspecified atom stereocenters. The van der Waals surface area contributed by atoms with Gasteiger partial charge in [0.05, 0.1) is 25.4 Å². The van der Waals surface area contributed by atoms with E-state index in [0.717, 1.165) is 56.4 Å². The first-order valence-electron chi connectivity index (χ1n) is 9.49. The minimum Gasteiger partial charge on any atom is -0.378 e. The van der Waals surface area contributed by atoms with Crippen LogP contribution in [0.3, 0.4) is 0 Å². The molecule has 0 aromatic heterocycles. The number of thioether (sulfide) groups is 1. The summed E-state index contributed by atoms with van der Waals surface area (Å²) in [6, 6.07) is 16.4. The van der Waals surface area contributed by atoms with Gasteiger partial charge in [0.15, 0.2) is 0 Å². The molecule has 2 aliphatic rings. The van der Waals surface area contributed by atoms with Crippen molar-refractivity contribution in [1.82, 2.24) is 0 Å². The largest absolute Gasteiger partial charge is 0.378 e. The highest BCUT2D eigenvalue weighted by molar-refractivity contribution is 7.99. The van der Waals surface area contributed by atoms with E-state index in [2.05, 4.69) is 45.4 Å². The Morgan fingerprint density at radius 2 is 1.81 bits per heavy atom. The number of benzene rings is 2. The molecular formula is C21H25N3O2S. The maximum absolute atomic E-state index is 12.6. The number of nitrogens with one attached hydrogen (secondary N) is 1. The van der Waals surface area contributed by atoms with E-state index < -0.39 is 0 Å². The molecule has 2 aromatic carbocycles. The van der Waals surface area contributed by atoms with Gasteiger partial charge in [0.25, 0.3) is 0 Å². The molecule has 2 heterocycles. The zero-order valence-corrected chi connectivity index (χ0v) is 16.2. The SMILES string of the molecule is O=C(CN1CCCSc2ccccc21)Nc1ccc(N2CCOCC2)cc1. The lowest BCUT2D eigenvalue weighted by molar-refractivity contribution is -0.115. The molecule has 0 bridgehead atoms. The van der Waals surface area contributed by atoms with Gasteiger partial charge in [0.1, 0.15) is 0 Å². The number of carbonyl (C=O) groups excluding carboxylic acids is 1. The molecule has 2 aliphatic heterocycles. The highest BCUT2D eigenvalue weighted by Crippen LogP contribution is 2.33. The van der Waals surface area contributed by atoms with Gasteiger partial charge >= 0.3 is 0 Å². The Hall–Kier alpha value is -2.18. The van der Waals surface area contributed by atoms with Gasteiger partial charge in [0, 0.05) is 35.9 Å². The van der Waals surface area contributed by atoms with Crippen LogP contribution in [0.2, 0.25) is 0 Å². The van der Waals surface area contributed by atoms with Crippen LogP contribution in [0, 0.1) is 0 Å². The third kappa shape index (κ3) is 4.57. The second-order valence-corrected chi connectivity index (χ2v) is 7.92. The van der Waals surface area contributed by atoms with Crippen LogP contribution in [0.1, 0.15) is 6.42 Å². The van der Waals surface area contributed by atoms with E-state index in [1.54, 1.807) is 0 Å². The molecule has 0 atom stereocenters. The van der Waals surface area contributed by atoms with Crippen molar-refractivity contribution in [2.45, 2.75) is 11.3 Å². The molecule has 1 fully saturated rings. The molecule has 0 spiro atoms. The van der Waals surface area contributed by atoms with Crippen LogP contribution in [0.5, 0.6) is 0 Å². The summed E-state index contributed by atoms with van der Waals surface area (Å²) in [5, 5.41) is 3.04. The minimum atomic E-state index is 0.0239. The van der Waals surface area contributed by atoms with E-state index >= 15 is 0 Å². The van der Waals surface area contributed by atoms with Crippen molar-refractivity contribution in [1.29, 1.82) is 0 Å². The van der Waals surface area contributed by atoms with E-state index in [4.69, 9.17) is 4.74 Å². The zero-order chi connectivity index (χ0) is 18.5. The van der Waals surface area contributed by atoms with Crippen molar-refractivity contribution in [3.8, 4) is 0 Å². The molecule has 1 amide bonds. The van der Waals surface area contributed by atoms with Crippen molar-refractivity contribution in [3.63, 3.8) is 0 Å². The van der Waals surface area contributed by atoms with Gasteiger partial charge in [-0.3, -0.25) is 4.79 Å². The number of fused-ring (bicyclic) bond motifs is 1. The quantitative estimate of drug-likeness (QED) is 0.876. The first-order valence-corrected chi connectivity index (χ1v) is 10.5. The summed E-state index contributed by atoms with van der Waals surface area (Å²) in [6.07, 6.45) is 1.08. The maximum atomic E-state index is 12.6. The van der Waals surface area contributed by atoms with Gasteiger partial charge in [0.2, 0.25) is 5.91 Å². The van der Waals surface area contributed by atoms with Gasteiger partial charge in [-0.1, -0.05) is 12.1 Å². The van der Waals surface area contributed by atoms with Crippen molar-refractivity contribution in [2.75, 3.05) is 60.3 Å². The van der Waals surface area contributed by atoms with E-state index in [1.807, 2.05) is 30.0 Å². The average Bonchev–Trinajstić information content (AvgIpc) is 2.92. The first kappa shape index (κ1) is 18.2. The van der Waals surface area contributed by atoms with Crippen LogP contribution in [0.25, 0.3) is 0 Å². The van der Waals surface area contributed by atoms with Gasteiger partial charge in [-0.2, -0.15) is 0 Å². The third-order valence-electron chi connectivity index (χ3n) is 4.90. The normalized spacial score (nSPS) is 17.2. The van der Waals surface area contributed by atoms with Crippen LogP contribution in [-0.2, 0) is 9.53 Å². The Morgan fingerprint density at radius 3 is 2.63 bits per heavy atom. The lowest BCUT2D eigenvalue weighted by Gasteiger charge is -2.29. The van der Waals surface area contributed by atoms with Crippen LogP contribution in [-0.4, -0.2) is 51.1 Å². The van der Waals surface area contributed by atoms with Crippen molar-refractivity contribution in [3.05, 3.63) is 48.5 Å². The number of ether oxygens (including phenoxy) is 1. The number of morpholine rings is 1. The van der Waals surface area contributed by atoms with Crippen LogP contribution < -0.4 is 15.1 Å². The molecule has 6 heteroatoms. The average molecular weight is 384 g/mol. The highest BCUT2D eigenvalue weighted by Gasteiger charge is 2.18. The molecule has 0 aliphatic carbocycles. The molecule has 1 saturated heterocycles. The smallest absolute Gasteiger partial charge is 0.243 e. The van der Waals surface area contributed by atoms with Gasteiger partial charge in [-0.15, -0.1) is 11.8 Å². The molecule has 0 saturated carbocycles.